The number of amides is 1. The Bertz CT molecular complexity index is 1060. The average molecular weight is 444 g/mol. The third-order valence-electron chi connectivity index (χ3n) is 6.30. The summed E-state index contributed by atoms with van der Waals surface area (Å²) in [4.78, 5) is 26.8. The zero-order valence-electron chi connectivity index (χ0n) is 19.6. The van der Waals surface area contributed by atoms with Crippen molar-refractivity contribution in [1.29, 1.82) is 0 Å². The molecular weight excluding hydrogens is 410 g/mol. The molecule has 1 aliphatic rings. The Hall–Kier alpha value is -3.25. The maximum atomic E-state index is 13.6. The van der Waals surface area contributed by atoms with Crippen molar-refractivity contribution in [1.82, 2.24) is 19.8 Å². The van der Waals surface area contributed by atoms with Gasteiger partial charge < -0.3 is 10.2 Å². The molecule has 0 saturated carbocycles. The van der Waals surface area contributed by atoms with Gasteiger partial charge in [0.2, 0.25) is 5.91 Å². The van der Waals surface area contributed by atoms with Gasteiger partial charge in [0.05, 0.1) is 5.92 Å². The largest absolute Gasteiger partial charge is 0.373 e. The first-order valence-corrected chi connectivity index (χ1v) is 11.8. The van der Waals surface area contributed by atoms with Gasteiger partial charge in [-0.3, -0.25) is 14.7 Å². The predicted octanol–water partition coefficient (Wildman–Crippen LogP) is 4.10. The van der Waals surface area contributed by atoms with E-state index in [1.807, 2.05) is 31.6 Å². The topological polar surface area (TPSA) is 61.4 Å². The van der Waals surface area contributed by atoms with Crippen LogP contribution in [0.4, 0.5) is 5.82 Å². The Morgan fingerprint density at radius 1 is 1.03 bits per heavy atom. The number of pyridine rings is 2. The Kier molecular flexibility index (Phi) is 7.68. The van der Waals surface area contributed by atoms with E-state index in [9.17, 15) is 4.79 Å². The molecule has 1 fully saturated rings. The normalized spacial score (nSPS) is 17.1. The summed E-state index contributed by atoms with van der Waals surface area (Å²) < 4.78 is 0. The van der Waals surface area contributed by atoms with Crippen LogP contribution in [-0.4, -0.2) is 58.9 Å². The van der Waals surface area contributed by atoms with Gasteiger partial charge in [-0.2, -0.15) is 0 Å². The van der Waals surface area contributed by atoms with Gasteiger partial charge in [-0.15, -0.1) is 0 Å². The standard InChI is InChI=1S/C27H33N5O/c1-3-14-32-16-15-31(19-23-10-7-13-30-26(23)28-2)20-24(27(32)33)17-21-8-4-5-11-25(21)22-9-6-12-29-18-22/h4-13,18,24H,3,14-17,19-20H2,1-2H3,(H,28,30). The lowest BCUT2D eigenvalue weighted by Gasteiger charge is -2.25. The summed E-state index contributed by atoms with van der Waals surface area (Å²) in [5, 5.41) is 3.19. The van der Waals surface area contributed by atoms with E-state index in [-0.39, 0.29) is 11.8 Å². The SMILES string of the molecule is CCCN1CCN(Cc2cccnc2NC)CC(Cc2ccccc2-c2cccnc2)C1=O. The molecule has 4 rings (SSSR count). The summed E-state index contributed by atoms with van der Waals surface area (Å²) in [6.07, 6.45) is 7.18. The molecule has 0 aliphatic carbocycles. The molecule has 1 amide bonds. The summed E-state index contributed by atoms with van der Waals surface area (Å²) in [7, 11) is 1.90. The van der Waals surface area contributed by atoms with Gasteiger partial charge in [-0.05, 0) is 36.1 Å². The van der Waals surface area contributed by atoms with Gasteiger partial charge >= 0.3 is 0 Å². The monoisotopic (exact) mass is 443 g/mol. The molecule has 2 aromatic heterocycles. The lowest BCUT2D eigenvalue weighted by Crippen LogP contribution is -2.37. The molecule has 0 spiro atoms. The van der Waals surface area contributed by atoms with Crippen LogP contribution in [-0.2, 0) is 17.8 Å². The maximum absolute atomic E-state index is 13.6. The van der Waals surface area contributed by atoms with Crippen LogP contribution in [0.25, 0.3) is 11.1 Å². The summed E-state index contributed by atoms with van der Waals surface area (Å²) in [6.45, 7) is 6.09. The van der Waals surface area contributed by atoms with Crippen molar-refractivity contribution in [2.24, 2.45) is 5.92 Å². The Balaban J connectivity index is 1.60. The van der Waals surface area contributed by atoms with Crippen molar-refractivity contribution in [3.63, 3.8) is 0 Å². The summed E-state index contributed by atoms with van der Waals surface area (Å²) in [5.74, 6) is 1.07. The quantitative estimate of drug-likeness (QED) is 0.568. The Labute approximate surface area is 196 Å². The van der Waals surface area contributed by atoms with E-state index >= 15 is 0 Å². The van der Waals surface area contributed by atoms with Crippen molar-refractivity contribution >= 4 is 11.7 Å². The first-order valence-electron chi connectivity index (χ1n) is 11.8. The van der Waals surface area contributed by atoms with E-state index < -0.39 is 0 Å². The summed E-state index contributed by atoms with van der Waals surface area (Å²) in [5.41, 5.74) is 4.59. The Morgan fingerprint density at radius 2 is 1.85 bits per heavy atom. The molecule has 1 saturated heterocycles. The second kappa shape index (κ2) is 11.1. The molecule has 172 valence electrons. The fraction of sp³-hybridized carbons (Fsp3) is 0.370. The van der Waals surface area contributed by atoms with E-state index in [4.69, 9.17) is 0 Å². The fourth-order valence-corrected chi connectivity index (χ4v) is 4.70. The van der Waals surface area contributed by atoms with Gasteiger partial charge in [-0.1, -0.05) is 43.3 Å². The minimum absolute atomic E-state index is 0.0911. The van der Waals surface area contributed by atoms with E-state index in [0.717, 1.165) is 61.7 Å². The predicted molar refractivity (Wildman–Crippen MR) is 133 cm³/mol. The molecule has 1 aromatic carbocycles. The molecule has 1 aliphatic heterocycles. The third-order valence-corrected chi connectivity index (χ3v) is 6.30. The lowest BCUT2D eigenvalue weighted by atomic mass is 9.91. The highest BCUT2D eigenvalue weighted by molar-refractivity contribution is 5.80. The maximum Gasteiger partial charge on any atom is 0.227 e. The highest BCUT2D eigenvalue weighted by atomic mass is 16.2. The molecule has 1 unspecified atom stereocenters. The number of aromatic nitrogens is 2. The molecule has 3 heterocycles. The van der Waals surface area contributed by atoms with Gasteiger partial charge in [-0.25, -0.2) is 4.98 Å². The van der Waals surface area contributed by atoms with Gasteiger partial charge in [0.1, 0.15) is 5.82 Å². The van der Waals surface area contributed by atoms with Crippen LogP contribution < -0.4 is 5.32 Å². The molecule has 0 bridgehead atoms. The number of hydrogen-bond acceptors (Lipinski definition) is 5. The number of benzene rings is 1. The minimum atomic E-state index is -0.0911. The summed E-state index contributed by atoms with van der Waals surface area (Å²) >= 11 is 0. The number of hydrogen-bond donors (Lipinski definition) is 1. The van der Waals surface area contributed by atoms with Crippen molar-refractivity contribution in [2.75, 3.05) is 38.5 Å². The van der Waals surface area contributed by atoms with Crippen LogP contribution in [0.3, 0.4) is 0 Å². The molecule has 1 atom stereocenters. The van der Waals surface area contributed by atoms with Crippen molar-refractivity contribution < 1.29 is 4.79 Å². The number of carbonyl (C=O) groups is 1. The van der Waals surface area contributed by atoms with Crippen LogP contribution in [0, 0.1) is 5.92 Å². The first kappa shape index (κ1) is 22.9. The van der Waals surface area contributed by atoms with Gasteiger partial charge in [0.15, 0.2) is 0 Å². The van der Waals surface area contributed by atoms with E-state index in [2.05, 4.69) is 68.4 Å². The van der Waals surface area contributed by atoms with Crippen molar-refractivity contribution in [3.05, 3.63) is 78.2 Å². The Morgan fingerprint density at radius 3 is 2.64 bits per heavy atom. The number of nitrogens with one attached hydrogen (secondary N) is 1. The minimum Gasteiger partial charge on any atom is -0.373 e. The molecule has 33 heavy (non-hydrogen) atoms. The van der Waals surface area contributed by atoms with Gasteiger partial charge in [0.25, 0.3) is 0 Å². The zero-order valence-corrected chi connectivity index (χ0v) is 19.6. The number of carbonyl (C=O) groups excluding carboxylic acids is 1. The second-order valence-electron chi connectivity index (χ2n) is 8.62. The van der Waals surface area contributed by atoms with Crippen molar-refractivity contribution in [3.8, 4) is 11.1 Å². The number of rotatable bonds is 8. The number of nitrogens with zero attached hydrogens (tertiary/aromatic N) is 4. The first-order chi connectivity index (χ1) is 16.2. The molecule has 6 heteroatoms. The lowest BCUT2D eigenvalue weighted by molar-refractivity contribution is -0.134. The molecule has 1 N–H and O–H groups in total. The van der Waals surface area contributed by atoms with Crippen LogP contribution in [0.5, 0.6) is 0 Å². The van der Waals surface area contributed by atoms with Crippen LogP contribution in [0.15, 0.2) is 67.1 Å². The zero-order chi connectivity index (χ0) is 23.0. The molecule has 3 aromatic rings. The van der Waals surface area contributed by atoms with Crippen LogP contribution in [0.2, 0.25) is 0 Å². The fourth-order valence-electron chi connectivity index (χ4n) is 4.70. The highest BCUT2D eigenvalue weighted by Crippen LogP contribution is 2.27. The smallest absolute Gasteiger partial charge is 0.227 e. The van der Waals surface area contributed by atoms with Crippen LogP contribution in [0.1, 0.15) is 24.5 Å². The number of anilines is 1. The third kappa shape index (κ3) is 5.57. The van der Waals surface area contributed by atoms with E-state index in [1.54, 1.807) is 6.20 Å². The second-order valence-corrected chi connectivity index (χ2v) is 8.62. The van der Waals surface area contributed by atoms with Gasteiger partial charge in [0, 0.05) is 69.5 Å². The molecule has 6 nitrogen and oxygen atoms in total. The van der Waals surface area contributed by atoms with Crippen molar-refractivity contribution in [2.45, 2.75) is 26.3 Å². The average Bonchev–Trinajstić information content (AvgIpc) is 3.00. The van der Waals surface area contributed by atoms with E-state index in [1.165, 1.54) is 5.56 Å². The van der Waals surface area contributed by atoms with Crippen LogP contribution >= 0.6 is 0 Å². The molecule has 0 radical (unpaired) electrons. The van der Waals surface area contributed by atoms with E-state index in [0.29, 0.717) is 6.42 Å². The highest BCUT2D eigenvalue weighted by Gasteiger charge is 2.31. The summed E-state index contributed by atoms with van der Waals surface area (Å²) in [6, 6.07) is 16.5. The molecular formula is C27H33N5O.